The maximum atomic E-state index is 10.3. The molecule has 4 rings (SSSR count). The van der Waals surface area contributed by atoms with Crippen molar-refractivity contribution in [1.29, 1.82) is 0 Å². The summed E-state index contributed by atoms with van der Waals surface area (Å²) < 4.78 is 16.5. The van der Waals surface area contributed by atoms with Crippen LogP contribution in [0.25, 0.3) is 0 Å². The minimum atomic E-state index is -1.56. The Kier molecular flexibility index (Phi) is 5.27. The van der Waals surface area contributed by atoms with E-state index >= 15 is 0 Å². The molecule has 0 amide bonds. The Balaban J connectivity index is 1.59. The van der Waals surface area contributed by atoms with Crippen LogP contribution in [0.2, 0.25) is 0 Å². The van der Waals surface area contributed by atoms with Gasteiger partial charge in [0.15, 0.2) is 17.8 Å². The SMILES string of the molecule is Cc1ccc([C@@H]2OC(O)[C@@H](O)[C@H](O)[C@H]2O)cc1Cc1ccc2c(c1)OCCO2. The third kappa shape index (κ3) is 3.59. The highest BCUT2D eigenvalue weighted by Crippen LogP contribution is 2.34. The third-order valence-corrected chi connectivity index (χ3v) is 5.29. The molecule has 7 heteroatoms. The molecule has 2 aromatic rings. The zero-order valence-corrected chi connectivity index (χ0v) is 15.5. The number of aliphatic hydroxyl groups excluding tert-OH is 4. The first-order valence-electron chi connectivity index (χ1n) is 9.29. The second-order valence-corrected chi connectivity index (χ2v) is 7.26. The average Bonchev–Trinajstić information content (AvgIpc) is 2.71. The highest BCUT2D eigenvalue weighted by Gasteiger charge is 2.43. The highest BCUT2D eigenvalue weighted by atomic mass is 16.6. The zero-order valence-electron chi connectivity index (χ0n) is 15.5. The smallest absolute Gasteiger partial charge is 0.184 e. The van der Waals surface area contributed by atoms with Crippen LogP contribution in [0.5, 0.6) is 11.5 Å². The molecule has 0 radical (unpaired) electrons. The van der Waals surface area contributed by atoms with Gasteiger partial charge in [0.1, 0.15) is 37.6 Å². The lowest BCUT2D eigenvalue weighted by Crippen LogP contribution is -2.54. The summed E-state index contributed by atoms with van der Waals surface area (Å²) in [5.41, 5.74) is 3.74. The van der Waals surface area contributed by atoms with Gasteiger partial charge in [0.2, 0.25) is 0 Å². The van der Waals surface area contributed by atoms with E-state index in [1.807, 2.05) is 37.3 Å². The first-order valence-corrected chi connectivity index (χ1v) is 9.29. The van der Waals surface area contributed by atoms with Gasteiger partial charge in [0, 0.05) is 0 Å². The second kappa shape index (κ2) is 7.69. The molecule has 2 aromatic carbocycles. The van der Waals surface area contributed by atoms with Crippen molar-refractivity contribution >= 4 is 0 Å². The number of fused-ring (bicyclic) bond motifs is 1. The van der Waals surface area contributed by atoms with Gasteiger partial charge in [-0.05, 0) is 47.7 Å². The van der Waals surface area contributed by atoms with Crippen molar-refractivity contribution in [3.05, 3.63) is 58.7 Å². The van der Waals surface area contributed by atoms with Gasteiger partial charge in [-0.25, -0.2) is 0 Å². The van der Waals surface area contributed by atoms with E-state index in [1.165, 1.54) is 0 Å². The van der Waals surface area contributed by atoms with Crippen molar-refractivity contribution in [3.8, 4) is 11.5 Å². The van der Waals surface area contributed by atoms with Gasteiger partial charge in [-0.3, -0.25) is 0 Å². The van der Waals surface area contributed by atoms with Crippen LogP contribution in [0, 0.1) is 6.92 Å². The van der Waals surface area contributed by atoms with E-state index in [9.17, 15) is 20.4 Å². The van der Waals surface area contributed by atoms with Crippen molar-refractivity contribution in [2.45, 2.75) is 44.1 Å². The predicted octanol–water partition coefficient (Wildman–Crippen LogP) is 0.829. The number of ether oxygens (including phenoxy) is 3. The molecule has 2 aliphatic rings. The zero-order chi connectivity index (χ0) is 19.8. The maximum Gasteiger partial charge on any atom is 0.184 e. The quantitative estimate of drug-likeness (QED) is 0.617. The van der Waals surface area contributed by atoms with E-state index in [4.69, 9.17) is 14.2 Å². The summed E-state index contributed by atoms with van der Waals surface area (Å²) in [6.07, 6.45) is -6.25. The summed E-state index contributed by atoms with van der Waals surface area (Å²) in [5.74, 6) is 1.46. The van der Waals surface area contributed by atoms with E-state index in [0.29, 0.717) is 25.2 Å². The van der Waals surface area contributed by atoms with Crippen LogP contribution in [0.15, 0.2) is 36.4 Å². The Labute approximate surface area is 162 Å². The van der Waals surface area contributed by atoms with Crippen LogP contribution in [0.4, 0.5) is 0 Å². The molecule has 0 saturated carbocycles. The first-order chi connectivity index (χ1) is 13.4. The van der Waals surface area contributed by atoms with E-state index < -0.39 is 30.7 Å². The number of hydrogen-bond acceptors (Lipinski definition) is 7. The minimum absolute atomic E-state index is 0.526. The van der Waals surface area contributed by atoms with Crippen LogP contribution in [0.3, 0.4) is 0 Å². The fourth-order valence-electron chi connectivity index (χ4n) is 3.61. The van der Waals surface area contributed by atoms with E-state index in [0.717, 1.165) is 28.2 Å². The lowest BCUT2D eigenvalue weighted by Gasteiger charge is -2.38. The fourth-order valence-corrected chi connectivity index (χ4v) is 3.61. The topological polar surface area (TPSA) is 109 Å². The number of rotatable bonds is 3. The molecule has 2 heterocycles. The highest BCUT2D eigenvalue weighted by molar-refractivity contribution is 5.46. The molecule has 4 N–H and O–H groups in total. The molecule has 7 nitrogen and oxygen atoms in total. The number of benzene rings is 2. The normalized spacial score (nSPS) is 29.5. The van der Waals surface area contributed by atoms with E-state index in [2.05, 4.69) is 0 Å². The molecule has 1 saturated heterocycles. The van der Waals surface area contributed by atoms with Crippen LogP contribution >= 0.6 is 0 Å². The molecule has 0 aromatic heterocycles. The van der Waals surface area contributed by atoms with Gasteiger partial charge in [-0.2, -0.15) is 0 Å². The maximum absolute atomic E-state index is 10.3. The Morgan fingerprint density at radius 1 is 0.857 bits per heavy atom. The summed E-state index contributed by atoms with van der Waals surface area (Å²) in [6, 6.07) is 11.4. The lowest BCUT2D eigenvalue weighted by molar-refractivity contribution is -0.284. The Bertz CT molecular complexity index is 853. The van der Waals surface area contributed by atoms with Gasteiger partial charge in [0.25, 0.3) is 0 Å². The molecule has 1 unspecified atom stereocenters. The van der Waals surface area contributed by atoms with Gasteiger partial charge in [-0.1, -0.05) is 24.3 Å². The molecule has 2 aliphatic heterocycles. The summed E-state index contributed by atoms with van der Waals surface area (Å²) in [4.78, 5) is 0. The Morgan fingerprint density at radius 2 is 1.61 bits per heavy atom. The predicted molar refractivity (Wildman–Crippen MR) is 99.3 cm³/mol. The average molecular weight is 388 g/mol. The van der Waals surface area contributed by atoms with Gasteiger partial charge < -0.3 is 34.6 Å². The van der Waals surface area contributed by atoms with Gasteiger partial charge in [0.05, 0.1) is 0 Å². The number of aryl methyl sites for hydroxylation is 1. The molecule has 0 bridgehead atoms. The molecular weight excluding hydrogens is 364 g/mol. The largest absolute Gasteiger partial charge is 0.486 e. The molecule has 1 fully saturated rings. The van der Waals surface area contributed by atoms with Crippen LogP contribution in [-0.4, -0.2) is 58.2 Å². The monoisotopic (exact) mass is 388 g/mol. The summed E-state index contributed by atoms with van der Waals surface area (Å²) in [7, 11) is 0. The number of hydrogen-bond donors (Lipinski definition) is 4. The summed E-state index contributed by atoms with van der Waals surface area (Å²) in [5, 5.41) is 39.7. The minimum Gasteiger partial charge on any atom is -0.486 e. The molecular formula is C21H24O7. The standard InChI is InChI=1S/C21H24O7/c1-11-2-4-13(20-18(23)17(22)19(24)21(25)28-20)10-14(11)8-12-3-5-15-16(9-12)27-7-6-26-15/h2-5,9-10,17-25H,6-8H2,1H3/t17-,18-,19+,20+,21?/m1/s1. The molecule has 5 atom stereocenters. The first kappa shape index (κ1) is 19.2. The summed E-state index contributed by atoms with van der Waals surface area (Å²) in [6.45, 7) is 3.06. The van der Waals surface area contributed by atoms with Crippen molar-refractivity contribution in [2.75, 3.05) is 13.2 Å². The number of aliphatic hydroxyl groups is 4. The van der Waals surface area contributed by atoms with E-state index in [1.54, 1.807) is 6.07 Å². The lowest BCUT2D eigenvalue weighted by atomic mass is 9.90. The summed E-state index contributed by atoms with van der Waals surface area (Å²) >= 11 is 0. The van der Waals surface area contributed by atoms with E-state index in [-0.39, 0.29) is 0 Å². The molecule has 0 spiro atoms. The third-order valence-electron chi connectivity index (χ3n) is 5.29. The van der Waals surface area contributed by atoms with Crippen LogP contribution in [-0.2, 0) is 11.2 Å². The van der Waals surface area contributed by atoms with Crippen molar-refractivity contribution in [2.24, 2.45) is 0 Å². The van der Waals surface area contributed by atoms with Gasteiger partial charge in [-0.15, -0.1) is 0 Å². The van der Waals surface area contributed by atoms with Crippen LogP contribution < -0.4 is 9.47 Å². The van der Waals surface area contributed by atoms with Crippen molar-refractivity contribution in [1.82, 2.24) is 0 Å². The van der Waals surface area contributed by atoms with Crippen molar-refractivity contribution < 1.29 is 34.6 Å². The molecule has 0 aliphatic carbocycles. The molecule has 150 valence electrons. The van der Waals surface area contributed by atoms with Gasteiger partial charge >= 0.3 is 0 Å². The second-order valence-electron chi connectivity index (χ2n) is 7.26. The van der Waals surface area contributed by atoms with Crippen LogP contribution in [0.1, 0.15) is 28.4 Å². The Morgan fingerprint density at radius 3 is 2.39 bits per heavy atom. The Hall–Kier alpha value is -2.16. The van der Waals surface area contributed by atoms with Crippen molar-refractivity contribution in [3.63, 3.8) is 0 Å². The molecule has 28 heavy (non-hydrogen) atoms. The fraction of sp³-hybridized carbons (Fsp3) is 0.429.